The van der Waals surface area contributed by atoms with Crippen molar-refractivity contribution in [3.05, 3.63) is 12.3 Å². The van der Waals surface area contributed by atoms with Crippen LogP contribution in [0, 0.1) is 5.92 Å². The highest BCUT2D eigenvalue weighted by atomic mass is 17.2. The maximum Gasteiger partial charge on any atom is 0.184 e. The van der Waals surface area contributed by atoms with Crippen LogP contribution in [0.3, 0.4) is 0 Å². The molecule has 1 saturated heterocycles. The van der Waals surface area contributed by atoms with Crippen molar-refractivity contribution >= 4 is 5.78 Å². The van der Waals surface area contributed by atoms with Gasteiger partial charge in [0.2, 0.25) is 0 Å². The number of ketones is 1. The predicted octanol–water partition coefficient (Wildman–Crippen LogP) is 0.399. The van der Waals surface area contributed by atoms with Gasteiger partial charge in [-0.2, -0.15) is 4.89 Å². The minimum atomic E-state index is -0.469. The monoisotopic (exact) mass is 183 g/mol. The lowest BCUT2D eigenvalue weighted by molar-refractivity contribution is -0.248. The van der Waals surface area contributed by atoms with Crippen molar-refractivity contribution in [2.75, 3.05) is 13.1 Å². The maximum atomic E-state index is 11.7. The highest BCUT2D eigenvalue weighted by Gasteiger charge is 2.29. The van der Waals surface area contributed by atoms with Crippen LogP contribution in [0.1, 0.15) is 12.8 Å². The van der Waals surface area contributed by atoms with Gasteiger partial charge in [0, 0.05) is 5.92 Å². The van der Waals surface area contributed by atoms with Gasteiger partial charge in [-0.1, -0.05) is 0 Å². The van der Waals surface area contributed by atoms with Gasteiger partial charge in [-0.15, -0.1) is 0 Å². The Balaban J connectivity index is 1.91. The van der Waals surface area contributed by atoms with E-state index in [2.05, 4.69) is 10.2 Å². The molecular weight excluding hydrogens is 170 g/mol. The number of nitrogens with one attached hydrogen (secondary N) is 1. The molecule has 1 N–H and O–H groups in total. The fourth-order valence-corrected chi connectivity index (χ4v) is 1.71. The van der Waals surface area contributed by atoms with Gasteiger partial charge in [0.25, 0.3) is 0 Å². The van der Waals surface area contributed by atoms with E-state index >= 15 is 0 Å². The zero-order valence-corrected chi connectivity index (χ0v) is 7.36. The summed E-state index contributed by atoms with van der Waals surface area (Å²) in [6.07, 6.45) is 4.43. The van der Waals surface area contributed by atoms with E-state index in [-0.39, 0.29) is 11.7 Å². The Hall–Kier alpha value is -0.870. The van der Waals surface area contributed by atoms with Crippen molar-refractivity contribution in [2.45, 2.75) is 18.9 Å². The van der Waals surface area contributed by atoms with Crippen LogP contribution in [0.5, 0.6) is 0 Å². The number of Topliss-reactive ketones (excluding diaryl/α,β-unsaturated/α-hetero) is 1. The van der Waals surface area contributed by atoms with Gasteiger partial charge in [-0.05, 0) is 32.0 Å². The van der Waals surface area contributed by atoms with E-state index in [1.807, 2.05) is 0 Å². The quantitative estimate of drug-likeness (QED) is 0.629. The fraction of sp³-hybridized carbons (Fsp3) is 0.667. The zero-order chi connectivity index (χ0) is 9.10. The number of hydrogen-bond acceptors (Lipinski definition) is 4. The third-order valence-electron chi connectivity index (χ3n) is 2.49. The lowest BCUT2D eigenvalue weighted by Crippen LogP contribution is -2.36. The second-order valence-corrected chi connectivity index (χ2v) is 3.37. The van der Waals surface area contributed by atoms with E-state index in [4.69, 9.17) is 4.89 Å². The Morgan fingerprint density at radius 2 is 2.15 bits per heavy atom. The largest absolute Gasteiger partial charge is 0.345 e. The van der Waals surface area contributed by atoms with Crippen LogP contribution >= 0.6 is 0 Å². The summed E-state index contributed by atoms with van der Waals surface area (Å²) in [4.78, 5) is 21.1. The van der Waals surface area contributed by atoms with Crippen LogP contribution in [-0.2, 0) is 14.6 Å². The molecule has 2 rings (SSSR count). The lowest BCUT2D eigenvalue weighted by atomic mass is 9.91. The van der Waals surface area contributed by atoms with Crippen molar-refractivity contribution in [2.24, 2.45) is 5.92 Å². The van der Waals surface area contributed by atoms with Gasteiger partial charge in [0.15, 0.2) is 11.9 Å². The first kappa shape index (κ1) is 8.72. The highest BCUT2D eigenvalue weighted by Crippen LogP contribution is 2.18. The van der Waals surface area contributed by atoms with Crippen molar-refractivity contribution in [3.63, 3.8) is 0 Å². The number of carbonyl (C=O) groups excluding carboxylic acids is 1. The molecule has 0 spiro atoms. The summed E-state index contributed by atoms with van der Waals surface area (Å²) in [6.45, 7) is 1.85. The summed E-state index contributed by atoms with van der Waals surface area (Å²) in [5, 5.41) is 3.22. The molecule has 72 valence electrons. The zero-order valence-electron chi connectivity index (χ0n) is 7.36. The third-order valence-corrected chi connectivity index (χ3v) is 2.49. The average Bonchev–Trinajstić information content (AvgIpc) is 2.71. The Morgan fingerprint density at radius 3 is 2.77 bits per heavy atom. The summed E-state index contributed by atoms with van der Waals surface area (Å²) in [7, 11) is 0. The van der Waals surface area contributed by atoms with Gasteiger partial charge in [-0.25, -0.2) is 0 Å². The first-order chi connectivity index (χ1) is 6.38. The van der Waals surface area contributed by atoms with Crippen LogP contribution in [0.2, 0.25) is 0 Å². The highest BCUT2D eigenvalue weighted by molar-refractivity contribution is 5.87. The van der Waals surface area contributed by atoms with Gasteiger partial charge >= 0.3 is 0 Å². The first-order valence-electron chi connectivity index (χ1n) is 4.61. The van der Waals surface area contributed by atoms with E-state index in [0.717, 1.165) is 25.9 Å². The van der Waals surface area contributed by atoms with Gasteiger partial charge in [0.1, 0.15) is 6.26 Å². The Kier molecular flexibility index (Phi) is 2.61. The molecule has 0 radical (unpaired) electrons. The lowest BCUT2D eigenvalue weighted by Gasteiger charge is -2.22. The van der Waals surface area contributed by atoms with E-state index in [1.54, 1.807) is 6.08 Å². The summed E-state index contributed by atoms with van der Waals surface area (Å²) in [6, 6.07) is 0. The first-order valence-corrected chi connectivity index (χ1v) is 4.61. The second-order valence-electron chi connectivity index (χ2n) is 3.37. The second kappa shape index (κ2) is 3.89. The average molecular weight is 183 g/mol. The van der Waals surface area contributed by atoms with E-state index in [9.17, 15) is 4.79 Å². The van der Waals surface area contributed by atoms with Crippen molar-refractivity contribution in [1.82, 2.24) is 5.32 Å². The molecule has 1 unspecified atom stereocenters. The molecule has 4 heteroatoms. The summed E-state index contributed by atoms with van der Waals surface area (Å²) < 4.78 is 0. The Bertz CT molecular complexity index is 221. The molecule has 2 heterocycles. The molecule has 0 aromatic heterocycles. The summed E-state index contributed by atoms with van der Waals surface area (Å²) >= 11 is 0. The number of hydrogen-bond donors (Lipinski definition) is 1. The number of rotatable bonds is 2. The third kappa shape index (κ3) is 1.89. The van der Waals surface area contributed by atoms with Crippen LogP contribution in [0.4, 0.5) is 0 Å². The number of carbonyl (C=O) groups is 1. The smallest absolute Gasteiger partial charge is 0.184 e. The van der Waals surface area contributed by atoms with Gasteiger partial charge in [0.05, 0.1) is 0 Å². The molecule has 1 fully saturated rings. The van der Waals surface area contributed by atoms with Crippen LogP contribution in [-0.4, -0.2) is 25.0 Å². The molecule has 0 amide bonds. The van der Waals surface area contributed by atoms with Crippen LogP contribution < -0.4 is 5.32 Å². The van der Waals surface area contributed by atoms with Crippen molar-refractivity contribution < 1.29 is 14.6 Å². The predicted molar refractivity (Wildman–Crippen MR) is 45.7 cm³/mol. The molecule has 4 nitrogen and oxygen atoms in total. The molecule has 1 atom stereocenters. The summed E-state index contributed by atoms with van der Waals surface area (Å²) in [5.74, 6) is 0.285. The molecule has 0 bridgehead atoms. The molecule has 13 heavy (non-hydrogen) atoms. The van der Waals surface area contributed by atoms with E-state index in [1.165, 1.54) is 6.26 Å². The topological polar surface area (TPSA) is 47.6 Å². The molecular formula is C9H13NO3. The van der Waals surface area contributed by atoms with Crippen molar-refractivity contribution in [1.29, 1.82) is 0 Å². The van der Waals surface area contributed by atoms with Crippen LogP contribution in [0.15, 0.2) is 12.3 Å². The maximum absolute atomic E-state index is 11.7. The normalized spacial score (nSPS) is 28.8. The van der Waals surface area contributed by atoms with Crippen molar-refractivity contribution in [3.8, 4) is 0 Å². The molecule has 0 aromatic rings. The van der Waals surface area contributed by atoms with E-state index < -0.39 is 6.10 Å². The molecule has 0 saturated carbocycles. The Labute approximate surface area is 76.8 Å². The molecule has 2 aliphatic rings. The number of piperidine rings is 1. The minimum Gasteiger partial charge on any atom is -0.345 e. The Morgan fingerprint density at radius 1 is 1.38 bits per heavy atom. The van der Waals surface area contributed by atoms with Gasteiger partial charge < -0.3 is 10.2 Å². The minimum absolute atomic E-state index is 0.137. The standard InChI is InChI=1S/C9H13NO3/c11-9(8-3-6-12-13-8)7-1-4-10-5-2-7/h3,6-8,10H,1-2,4-5H2. The van der Waals surface area contributed by atoms with E-state index in [0.29, 0.717) is 0 Å². The SMILES string of the molecule is O=C(C1CCNCC1)C1C=COO1. The van der Waals surface area contributed by atoms with Crippen LogP contribution in [0.25, 0.3) is 0 Å². The molecule has 2 aliphatic heterocycles. The van der Waals surface area contributed by atoms with Gasteiger partial charge in [-0.3, -0.25) is 4.79 Å². The molecule has 0 aliphatic carbocycles. The fourth-order valence-electron chi connectivity index (χ4n) is 1.71. The summed E-state index contributed by atoms with van der Waals surface area (Å²) in [5.41, 5.74) is 0. The molecule has 0 aromatic carbocycles.